The van der Waals surface area contributed by atoms with E-state index < -0.39 is 0 Å². The number of benzene rings is 1. The Balaban J connectivity index is 2.26. The number of anilines is 1. The van der Waals surface area contributed by atoms with Crippen molar-refractivity contribution < 1.29 is 4.74 Å². The predicted octanol–water partition coefficient (Wildman–Crippen LogP) is 2.13. The van der Waals surface area contributed by atoms with Crippen LogP contribution in [0.5, 0.6) is 5.75 Å². The summed E-state index contributed by atoms with van der Waals surface area (Å²) in [5, 5.41) is 3.35. The summed E-state index contributed by atoms with van der Waals surface area (Å²) in [4.78, 5) is 0. The Kier molecular flexibility index (Phi) is 1.90. The number of ether oxygens (including phenoxy) is 1. The van der Waals surface area contributed by atoms with Gasteiger partial charge in [-0.15, -0.1) is 0 Å². The number of nitrogens with one attached hydrogen (secondary N) is 1. The van der Waals surface area contributed by atoms with E-state index >= 15 is 0 Å². The fourth-order valence-corrected chi connectivity index (χ4v) is 1.31. The van der Waals surface area contributed by atoms with Crippen molar-refractivity contribution in [1.82, 2.24) is 0 Å². The van der Waals surface area contributed by atoms with E-state index in [-0.39, 0.29) is 0 Å². The Morgan fingerprint density at radius 2 is 2.25 bits per heavy atom. The smallest absolute Gasteiger partial charge is 0.142 e. The lowest BCUT2D eigenvalue weighted by Crippen LogP contribution is -2.13. The number of hydrogen-bond donors (Lipinski definition) is 1. The van der Waals surface area contributed by atoms with E-state index in [0.717, 1.165) is 24.6 Å². The van der Waals surface area contributed by atoms with Crippen molar-refractivity contribution in [3.05, 3.63) is 24.3 Å². The molecule has 1 aliphatic rings. The standard InChI is InChI=1S/C10H13NO/c1-8-6-11-9-4-2-3-5-10(9)12-7-8/h2-5,8,11H,6-7H2,1H3/t8-/m1/s1. The molecule has 0 unspecified atom stereocenters. The fraction of sp³-hybridized carbons (Fsp3) is 0.400. The van der Waals surface area contributed by atoms with Gasteiger partial charge < -0.3 is 10.1 Å². The van der Waals surface area contributed by atoms with Gasteiger partial charge in [-0.3, -0.25) is 0 Å². The van der Waals surface area contributed by atoms with E-state index in [4.69, 9.17) is 4.74 Å². The summed E-state index contributed by atoms with van der Waals surface area (Å²) in [6.07, 6.45) is 0. The van der Waals surface area contributed by atoms with Crippen LogP contribution in [0, 0.1) is 5.92 Å². The molecule has 1 aromatic carbocycles. The first-order valence-corrected chi connectivity index (χ1v) is 4.32. The molecule has 64 valence electrons. The third-order valence-corrected chi connectivity index (χ3v) is 2.05. The molecule has 0 spiro atoms. The summed E-state index contributed by atoms with van der Waals surface area (Å²) in [6.45, 7) is 3.99. The van der Waals surface area contributed by atoms with Crippen LogP contribution in [0.1, 0.15) is 6.92 Å². The van der Waals surface area contributed by atoms with Crippen molar-refractivity contribution in [3.8, 4) is 5.75 Å². The summed E-state index contributed by atoms with van der Waals surface area (Å²) in [7, 11) is 0. The highest BCUT2D eigenvalue weighted by molar-refractivity contribution is 5.56. The highest BCUT2D eigenvalue weighted by Crippen LogP contribution is 2.26. The molecule has 0 bridgehead atoms. The largest absolute Gasteiger partial charge is 0.491 e. The molecule has 2 heteroatoms. The molecule has 0 saturated carbocycles. The Hall–Kier alpha value is -1.18. The molecule has 0 saturated heterocycles. The van der Waals surface area contributed by atoms with Gasteiger partial charge in [0.05, 0.1) is 12.3 Å². The van der Waals surface area contributed by atoms with Crippen molar-refractivity contribution in [2.75, 3.05) is 18.5 Å². The van der Waals surface area contributed by atoms with E-state index in [2.05, 4.69) is 12.2 Å². The fourth-order valence-electron chi connectivity index (χ4n) is 1.31. The van der Waals surface area contributed by atoms with Crippen LogP contribution >= 0.6 is 0 Å². The lowest BCUT2D eigenvalue weighted by Gasteiger charge is -2.05. The molecular formula is C10H13NO. The van der Waals surface area contributed by atoms with Gasteiger partial charge in [0.25, 0.3) is 0 Å². The van der Waals surface area contributed by atoms with Gasteiger partial charge in [0.15, 0.2) is 0 Å². The molecule has 1 heterocycles. The van der Waals surface area contributed by atoms with E-state index in [1.807, 2.05) is 24.3 Å². The van der Waals surface area contributed by atoms with Crippen LogP contribution in [0.15, 0.2) is 24.3 Å². The summed E-state index contributed by atoms with van der Waals surface area (Å²) in [6, 6.07) is 8.06. The molecular weight excluding hydrogens is 150 g/mol. The number of rotatable bonds is 0. The summed E-state index contributed by atoms with van der Waals surface area (Å²) >= 11 is 0. The minimum Gasteiger partial charge on any atom is -0.491 e. The topological polar surface area (TPSA) is 21.3 Å². The van der Waals surface area contributed by atoms with Gasteiger partial charge in [0.2, 0.25) is 0 Å². The van der Waals surface area contributed by atoms with Gasteiger partial charge in [-0.25, -0.2) is 0 Å². The molecule has 1 aliphatic heterocycles. The third-order valence-electron chi connectivity index (χ3n) is 2.05. The average molecular weight is 163 g/mol. The van der Waals surface area contributed by atoms with Crippen LogP contribution in [-0.2, 0) is 0 Å². The second kappa shape index (κ2) is 3.05. The molecule has 0 aromatic heterocycles. The third kappa shape index (κ3) is 1.37. The van der Waals surface area contributed by atoms with Gasteiger partial charge in [-0.1, -0.05) is 19.1 Å². The highest BCUT2D eigenvalue weighted by Gasteiger charge is 2.11. The first-order valence-electron chi connectivity index (χ1n) is 4.32. The first-order chi connectivity index (χ1) is 5.86. The second-order valence-electron chi connectivity index (χ2n) is 3.29. The molecule has 0 fully saturated rings. The van der Waals surface area contributed by atoms with Crippen LogP contribution in [-0.4, -0.2) is 13.2 Å². The maximum absolute atomic E-state index is 5.60. The van der Waals surface area contributed by atoms with Gasteiger partial charge in [0, 0.05) is 12.5 Å². The zero-order valence-corrected chi connectivity index (χ0v) is 7.21. The SMILES string of the molecule is C[C@@H]1CNc2ccccc2OC1. The van der Waals surface area contributed by atoms with Crippen LogP contribution in [0.3, 0.4) is 0 Å². The maximum Gasteiger partial charge on any atom is 0.142 e. The van der Waals surface area contributed by atoms with Crippen molar-refractivity contribution in [2.45, 2.75) is 6.92 Å². The average Bonchev–Trinajstić information content (AvgIpc) is 2.29. The van der Waals surface area contributed by atoms with E-state index in [0.29, 0.717) is 5.92 Å². The number of para-hydroxylation sites is 2. The quantitative estimate of drug-likeness (QED) is 0.632. The highest BCUT2D eigenvalue weighted by atomic mass is 16.5. The summed E-state index contributed by atoms with van der Waals surface area (Å²) < 4.78 is 5.60. The van der Waals surface area contributed by atoms with Crippen LogP contribution in [0.4, 0.5) is 5.69 Å². The molecule has 0 aliphatic carbocycles. The lowest BCUT2D eigenvalue weighted by atomic mass is 10.2. The van der Waals surface area contributed by atoms with E-state index in [1.165, 1.54) is 0 Å². The van der Waals surface area contributed by atoms with Crippen LogP contribution in [0.25, 0.3) is 0 Å². The molecule has 1 aromatic rings. The lowest BCUT2D eigenvalue weighted by molar-refractivity contribution is 0.275. The zero-order valence-electron chi connectivity index (χ0n) is 7.21. The Morgan fingerprint density at radius 3 is 3.17 bits per heavy atom. The normalized spacial score (nSPS) is 21.6. The Morgan fingerprint density at radius 1 is 1.42 bits per heavy atom. The predicted molar refractivity (Wildman–Crippen MR) is 49.6 cm³/mol. The van der Waals surface area contributed by atoms with Crippen molar-refractivity contribution >= 4 is 5.69 Å². The number of fused-ring (bicyclic) bond motifs is 1. The van der Waals surface area contributed by atoms with E-state index in [1.54, 1.807) is 0 Å². The molecule has 0 radical (unpaired) electrons. The minimum absolute atomic E-state index is 0.581. The molecule has 1 N–H and O–H groups in total. The minimum atomic E-state index is 0.581. The van der Waals surface area contributed by atoms with Gasteiger partial charge in [-0.2, -0.15) is 0 Å². The summed E-state index contributed by atoms with van der Waals surface area (Å²) in [5.41, 5.74) is 1.11. The maximum atomic E-state index is 5.60. The monoisotopic (exact) mass is 163 g/mol. The molecule has 2 rings (SSSR count). The van der Waals surface area contributed by atoms with Crippen LogP contribution in [0.2, 0.25) is 0 Å². The van der Waals surface area contributed by atoms with Crippen molar-refractivity contribution in [1.29, 1.82) is 0 Å². The second-order valence-corrected chi connectivity index (χ2v) is 3.29. The zero-order chi connectivity index (χ0) is 8.39. The molecule has 0 amide bonds. The van der Waals surface area contributed by atoms with Gasteiger partial charge in [-0.05, 0) is 12.1 Å². The molecule has 1 atom stereocenters. The van der Waals surface area contributed by atoms with Gasteiger partial charge >= 0.3 is 0 Å². The number of hydrogen-bond acceptors (Lipinski definition) is 2. The van der Waals surface area contributed by atoms with Crippen LogP contribution < -0.4 is 10.1 Å². The van der Waals surface area contributed by atoms with Crippen molar-refractivity contribution in [2.24, 2.45) is 5.92 Å². The molecule has 2 nitrogen and oxygen atoms in total. The Labute approximate surface area is 72.5 Å². The Bertz CT molecular complexity index is 245. The van der Waals surface area contributed by atoms with E-state index in [9.17, 15) is 0 Å². The van der Waals surface area contributed by atoms with Gasteiger partial charge in [0.1, 0.15) is 5.75 Å². The first kappa shape index (κ1) is 7.47. The molecule has 12 heavy (non-hydrogen) atoms. The summed E-state index contributed by atoms with van der Waals surface area (Å²) in [5.74, 6) is 1.55. The van der Waals surface area contributed by atoms with Crippen molar-refractivity contribution in [3.63, 3.8) is 0 Å².